The SMILES string of the molecule is c1ccc(-c2nc(-c3ccccc3-n3c4ccccc4c4ccncc43)nc(-n3c4ccccc4c4ccc5sc6ccccc6c5c43)n2)cc1. The third-order valence-electron chi connectivity index (χ3n) is 9.89. The van der Waals surface area contributed by atoms with E-state index in [0.717, 1.165) is 49.7 Å². The maximum Gasteiger partial charge on any atom is 0.238 e. The molecule has 6 nitrogen and oxygen atoms in total. The second kappa shape index (κ2) is 10.9. The van der Waals surface area contributed by atoms with Gasteiger partial charge in [0.1, 0.15) is 0 Å². The van der Waals surface area contributed by atoms with Crippen molar-refractivity contribution in [2.24, 2.45) is 0 Å². The molecule has 7 heteroatoms. The first-order valence-corrected chi connectivity index (χ1v) is 17.7. The van der Waals surface area contributed by atoms with E-state index in [1.54, 1.807) is 0 Å². The second-order valence-electron chi connectivity index (χ2n) is 12.7. The van der Waals surface area contributed by atoms with Gasteiger partial charge in [-0.2, -0.15) is 9.97 Å². The van der Waals surface area contributed by atoms with E-state index in [2.05, 4.69) is 142 Å². The zero-order chi connectivity index (χ0) is 33.5. The van der Waals surface area contributed by atoms with Gasteiger partial charge in [0.15, 0.2) is 11.6 Å². The molecule has 11 rings (SSSR count). The van der Waals surface area contributed by atoms with Crippen LogP contribution in [0.1, 0.15) is 0 Å². The molecule has 0 radical (unpaired) electrons. The first-order chi connectivity index (χ1) is 25.3. The molecule has 0 aliphatic heterocycles. The number of pyridine rings is 1. The Bertz CT molecular complexity index is 3100. The number of para-hydroxylation sites is 3. The van der Waals surface area contributed by atoms with E-state index in [1.165, 1.54) is 30.9 Å². The highest BCUT2D eigenvalue weighted by molar-refractivity contribution is 7.26. The molecule has 51 heavy (non-hydrogen) atoms. The molecule has 0 fully saturated rings. The molecule has 5 heterocycles. The molecule has 0 atom stereocenters. The van der Waals surface area contributed by atoms with E-state index < -0.39 is 0 Å². The molecule has 11 aromatic rings. The Kier molecular flexibility index (Phi) is 6.02. The fourth-order valence-corrected chi connectivity index (χ4v) is 8.82. The lowest BCUT2D eigenvalue weighted by Gasteiger charge is -2.15. The van der Waals surface area contributed by atoms with Crippen LogP contribution in [0.25, 0.3) is 98.2 Å². The Morgan fingerprint density at radius 1 is 0.451 bits per heavy atom. The number of aromatic nitrogens is 6. The maximum atomic E-state index is 5.39. The normalized spacial score (nSPS) is 11.9. The fourth-order valence-electron chi connectivity index (χ4n) is 7.71. The van der Waals surface area contributed by atoms with Crippen LogP contribution in [0.3, 0.4) is 0 Å². The van der Waals surface area contributed by atoms with E-state index in [4.69, 9.17) is 15.0 Å². The predicted molar refractivity (Wildman–Crippen MR) is 210 cm³/mol. The molecule has 0 amide bonds. The monoisotopic (exact) mass is 670 g/mol. The Labute approximate surface area is 295 Å². The van der Waals surface area contributed by atoms with Crippen LogP contribution in [-0.2, 0) is 0 Å². The summed E-state index contributed by atoms with van der Waals surface area (Å²) in [4.78, 5) is 20.4. The summed E-state index contributed by atoms with van der Waals surface area (Å²) in [6.45, 7) is 0. The van der Waals surface area contributed by atoms with Gasteiger partial charge in [0.05, 0.1) is 34.0 Å². The highest BCUT2D eigenvalue weighted by atomic mass is 32.1. The van der Waals surface area contributed by atoms with Gasteiger partial charge in [0.2, 0.25) is 5.95 Å². The van der Waals surface area contributed by atoms with Gasteiger partial charge in [0, 0.05) is 59.0 Å². The van der Waals surface area contributed by atoms with Crippen molar-refractivity contribution in [3.05, 3.63) is 158 Å². The lowest BCUT2D eigenvalue weighted by Crippen LogP contribution is -2.08. The average Bonchev–Trinajstić information content (AvgIpc) is 3.86. The Morgan fingerprint density at radius 3 is 1.98 bits per heavy atom. The van der Waals surface area contributed by atoms with Crippen molar-refractivity contribution >= 4 is 75.1 Å². The van der Waals surface area contributed by atoms with Crippen LogP contribution in [0.5, 0.6) is 0 Å². The molecule has 0 N–H and O–H groups in total. The standard InChI is InChI=1S/C44H26N6S/c1-2-12-27(13-3-1)42-46-43(32-16-6-10-20-36(32)49-34-18-8-4-14-28(34)30-24-25-45-26-37(30)49)48-44(47-42)50-35-19-9-5-15-29(35)31-22-23-39-40(41(31)50)33-17-7-11-21-38(33)51-39/h1-26H. The van der Waals surface area contributed by atoms with Crippen molar-refractivity contribution < 1.29 is 0 Å². The topological polar surface area (TPSA) is 61.4 Å². The lowest BCUT2D eigenvalue weighted by atomic mass is 10.1. The zero-order valence-electron chi connectivity index (χ0n) is 27.1. The highest BCUT2D eigenvalue weighted by Crippen LogP contribution is 2.43. The minimum absolute atomic E-state index is 0.575. The summed E-state index contributed by atoms with van der Waals surface area (Å²) in [6.07, 6.45) is 3.80. The van der Waals surface area contributed by atoms with Gasteiger partial charge < -0.3 is 4.57 Å². The lowest BCUT2D eigenvalue weighted by molar-refractivity contribution is 0.953. The first kappa shape index (κ1) is 28.2. The molecular formula is C44H26N6S. The van der Waals surface area contributed by atoms with E-state index in [1.807, 2.05) is 41.9 Å². The van der Waals surface area contributed by atoms with E-state index in [9.17, 15) is 0 Å². The summed E-state index contributed by atoms with van der Waals surface area (Å²) in [5.41, 5.74) is 7.07. The van der Waals surface area contributed by atoms with E-state index in [-0.39, 0.29) is 0 Å². The molecule has 6 aromatic carbocycles. The largest absolute Gasteiger partial charge is 0.307 e. The maximum absolute atomic E-state index is 5.39. The number of benzene rings is 6. The smallest absolute Gasteiger partial charge is 0.238 e. The summed E-state index contributed by atoms with van der Waals surface area (Å²) in [5.74, 6) is 1.78. The minimum Gasteiger partial charge on any atom is -0.307 e. The minimum atomic E-state index is 0.575. The van der Waals surface area contributed by atoms with Gasteiger partial charge in [-0.1, -0.05) is 103 Å². The van der Waals surface area contributed by atoms with Gasteiger partial charge in [-0.05, 0) is 42.5 Å². The van der Waals surface area contributed by atoms with Crippen LogP contribution in [0.15, 0.2) is 158 Å². The van der Waals surface area contributed by atoms with E-state index >= 15 is 0 Å². The molecule has 0 aliphatic rings. The number of fused-ring (bicyclic) bond motifs is 10. The van der Waals surface area contributed by atoms with Crippen molar-refractivity contribution in [3.8, 4) is 34.4 Å². The van der Waals surface area contributed by atoms with Gasteiger partial charge in [-0.3, -0.25) is 9.55 Å². The highest BCUT2D eigenvalue weighted by Gasteiger charge is 2.23. The Hall–Kier alpha value is -6.70. The number of thiophene rings is 1. The van der Waals surface area contributed by atoms with Gasteiger partial charge in [0.25, 0.3) is 0 Å². The second-order valence-corrected chi connectivity index (χ2v) is 13.8. The number of rotatable bonds is 4. The molecule has 0 aliphatic carbocycles. The summed E-state index contributed by atoms with van der Waals surface area (Å²) in [6, 6.07) is 50.9. The number of nitrogens with zero attached hydrogens (tertiary/aromatic N) is 6. The molecule has 5 aromatic heterocycles. The molecule has 0 spiro atoms. The number of hydrogen-bond donors (Lipinski definition) is 0. The van der Waals surface area contributed by atoms with Crippen LogP contribution in [0, 0.1) is 0 Å². The Balaban J connectivity index is 1.26. The van der Waals surface area contributed by atoms with Gasteiger partial charge in [-0.25, -0.2) is 4.98 Å². The Morgan fingerprint density at radius 2 is 1.12 bits per heavy atom. The van der Waals surface area contributed by atoms with Crippen molar-refractivity contribution in [1.29, 1.82) is 0 Å². The van der Waals surface area contributed by atoms with Gasteiger partial charge >= 0.3 is 0 Å². The molecule has 0 saturated heterocycles. The first-order valence-electron chi connectivity index (χ1n) is 16.9. The summed E-state index contributed by atoms with van der Waals surface area (Å²) < 4.78 is 7.01. The molecule has 0 bridgehead atoms. The molecular weight excluding hydrogens is 645 g/mol. The quantitative estimate of drug-likeness (QED) is 0.187. The summed E-state index contributed by atoms with van der Waals surface area (Å²) in [7, 11) is 0. The molecule has 0 unspecified atom stereocenters. The van der Waals surface area contributed by atoms with Crippen LogP contribution in [-0.4, -0.2) is 29.1 Å². The third-order valence-corrected chi connectivity index (χ3v) is 11.0. The molecule has 0 saturated carbocycles. The van der Waals surface area contributed by atoms with Crippen LogP contribution >= 0.6 is 11.3 Å². The van der Waals surface area contributed by atoms with Gasteiger partial charge in [-0.15, -0.1) is 11.3 Å². The summed E-state index contributed by atoms with van der Waals surface area (Å²) in [5, 5.41) is 7.09. The van der Waals surface area contributed by atoms with Crippen LogP contribution in [0.2, 0.25) is 0 Å². The third kappa shape index (κ3) is 4.16. The predicted octanol–water partition coefficient (Wildman–Crippen LogP) is 11.2. The van der Waals surface area contributed by atoms with Crippen LogP contribution in [0.4, 0.5) is 0 Å². The summed E-state index contributed by atoms with van der Waals surface area (Å²) >= 11 is 1.82. The fraction of sp³-hybridized carbons (Fsp3) is 0. The zero-order valence-corrected chi connectivity index (χ0v) is 27.9. The number of hydrogen-bond acceptors (Lipinski definition) is 5. The van der Waals surface area contributed by atoms with Crippen molar-refractivity contribution in [2.75, 3.05) is 0 Å². The van der Waals surface area contributed by atoms with Crippen molar-refractivity contribution in [2.45, 2.75) is 0 Å². The average molecular weight is 671 g/mol. The van der Waals surface area contributed by atoms with E-state index in [0.29, 0.717) is 17.6 Å². The van der Waals surface area contributed by atoms with Crippen molar-refractivity contribution in [3.63, 3.8) is 0 Å². The van der Waals surface area contributed by atoms with Crippen molar-refractivity contribution in [1.82, 2.24) is 29.1 Å². The molecule has 238 valence electrons. The van der Waals surface area contributed by atoms with Crippen LogP contribution < -0.4 is 0 Å².